The summed E-state index contributed by atoms with van der Waals surface area (Å²) in [5.41, 5.74) is 2.51. The van der Waals surface area contributed by atoms with Crippen LogP contribution in [0.1, 0.15) is 35.4 Å². The lowest BCUT2D eigenvalue weighted by atomic mass is 9.96. The van der Waals surface area contributed by atoms with E-state index in [1.54, 1.807) is 6.07 Å². The molecule has 5 heteroatoms. The SMILES string of the molecule is NNC(=O)c1ccoc1COC1CCC1. The molecule has 0 saturated heterocycles. The molecular formula is C10H14N2O3. The smallest absolute Gasteiger partial charge is 0.268 e. The van der Waals surface area contributed by atoms with Gasteiger partial charge in [0.05, 0.1) is 17.9 Å². The van der Waals surface area contributed by atoms with E-state index in [0.717, 1.165) is 12.8 Å². The fourth-order valence-electron chi connectivity index (χ4n) is 1.46. The second-order valence-corrected chi connectivity index (χ2v) is 3.59. The highest BCUT2D eigenvalue weighted by molar-refractivity contribution is 5.94. The van der Waals surface area contributed by atoms with Crippen LogP contribution in [-0.4, -0.2) is 12.0 Å². The molecule has 0 spiro atoms. The molecule has 1 amide bonds. The number of hydrazine groups is 1. The largest absolute Gasteiger partial charge is 0.466 e. The van der Waals surface area contributed by atoms with E-state index in [1.165, 1.54) is 12.7 Å². The minimum absolute atomic E-state index is 0.323. The van der Waals surface area contributed by atoms with Crippen LogP contribution in [0.2, 0.25) is 0 Å². The molecule has 1 heterocycles. The third-order valence-corrected chi connectivity index (χ3v) is 2.62. The fourth-order valence-corrected chi connectivity index (χ4v) is 1.46. The Morgan fingerprint density at radius 2 is 2.47 bits per heavy atom. The second kappa shape index (κ2) is 4.46. The maximum atomic E-state index is 11.3. The van der Waals surface area contributed by atoms with Crippen molar-refractivity contribution in [3.05, 3.63) is 23.7 Å². The van der Waals surface area contributed by atoms with Crippen molar-refractivity contribution in [3.8, 4) is 0 Å². The molecule has 5 nitrogen and oxygen atoms in total. The summed E-state index contributed by atoms with van der Waals surface area (Å²) in [7, 11) is 0. The summed E-state index contributed by atoms with van der Waals surface area (Å²) in [4.78, 5) is 11.3. The van der Waals surface area contributed by atoms with Gasteiger partial charge in [-0.25, -0.2) is 5.84 Å². The van der Waals surface area contributed by atoms with Crippen molar-refractivity contribution >= 4 is 5.91 Å². The number of nitrogens with two attached hydrogens (primary N) is 1. The van der Waals surface area contributed by atoms with Crippen LogP contribution in [0.25, 0.3) is 0 Å². The van der Waals surface area contributed by atoms with Crippen molar-refractivity contribution in [3.63, 3.8) is 0 Å². The maximum absolute atomic E-state index is 11.3. The first-order valence-electron chi connectivity index (χ1n) is 5.00. The zero-order valence-corrected chi connectivity index (χ0v) is 8.36. The van der Waals surface area contributed by atoms with Gasteiger partial charge in [-0.2, -0.15) is 0 Å². The number of rotatable bonds is 4. The molecule has 15 heavy (non-hydrogen) atoms. The van der Waals surface area contributed by atoms with Crippen molar-refractivity contribution in [2.24, 2.45) is 5.84 Å². The molecule has 1 aliphatic carbocycles. The summed E-state index contributed by atoms with van der Waals surface area (Å²) < 4.78 is 10.7. The molecule has 1 aromatic rings. The number of nitrogens with one attached hydrogen (secondary N) is 1. The van der Waals surface area contributed by atoms with Crippen LogP contribution in [-0.2, 0) is 11.3 Å². The van der Waals surface area contributed by atoms with Crippen molar-refractivity contribution in [1.29, 1.82) is 0 Å². The number of hydrogen-bond donors (Lipinski definition) is 2. The Kier molecular flexibility index (Phi) is 3.03. The van der Waals surface area contributed by atoms with E-state index in [1.807, 2.05) is 0 Å². The maximum Gasteiger partial charge on any atom is 0.268 e. The third-order valence-electron chi connectivity index (χ3n) is 2.62. The highest BCUT2D eigenvalue weighted by Crippen LogP contribution is 2.23. The highest BCUT2D eigenvalue weighted by atomic mass is 16.5. The number of amides is 1. The quantitative estimate of drug-likeness (QED) is 0.440. The van der Waals surface area contributed by atoms with Gasteiger partial charge in [0.1, 0.15) is 12.4 Å². The van der Waals surface area contributed by atoms with Gasteiger partial charge in [-0.05, 0) is 25.3 Å². The first-order valence-corrected chi connectivity index (χ1v) is 5.00. The van der Waals surface area contributed by atoms with E-state index in [9.17, 15) is 4.79 Å². The van der Waals surface area contributed by atoms with E-state index in [2.05, 4.69) is 5.43 Å². The zero-order valence-electron chi connectivity index (χ0n) is 8.36. The number of hydrogen-bond acceptors (Lipinski definition) is 4. The molecule has 82 valence electrons. The van der Waals surface area contributed by atoms with E-state index in [0.29, 0.717) is 24.0 Å². The Balaban J connectivity index is 1.94. The predicted molar refractivity (Wildman–Crippen MR) is 52.8 cm³/mol. The average Bonchev–Trinajstić information content (AvgIpc) is 2.62. The minimum Gasteiger partial charge on any atom is -0.466 e. The second-order valence-electron chi connectivity index (χ2n) is 3.59. The first kappa shape index (κ1) is 10.2. The molecule has 0 atom stereocenters. The molecule has 0 unspecified atom stereocenters. The van der Waals surface area contributed by atoms with Gasteiger partial charge in [0.25, 0.3) is 5.91 Å². The topological polar surface area (TPSA) is 77.5 Å². The molecular weight excluding hydrogens is 196 g/mol. The minimum atomic E-state index is -0.351. The van der Waals surface area contributed by atoms with E-state index < -0.39 is 0 Å². The number of furan rings is 1. The lowest BCUT2D eigenvalue weighted by molar-refractivity contribution is -0.0160. The van der Waals surface area contributed by atoms with Gasteiger partial charge in [0.2, 0.25) is 0 Å². The van der Waals surface area contributed by atoms with Gasteiger partial charge in [0, 0.05) is 0 Å². The average molecular weight is 210 g/mol. The van der Waals surface area contributed by atoms with Crippen molar-refractivity contribution in [1.82, 2.24) is 5.43 Å². The van der Waals surface area contributed by atoms with E-state index in [-0.39, 0.29) is 5.91 Å². The number of carbonyl (C=O) groups excluding carboxylic acids is 1. The lowest BCUT2D eigenvalue weighted by Gasteiger charge is -2.25. The van der Waals surface area contributed by atoms with Crippen LogP contribution in [0.15, 0.2) is 16.7 Å². The Hall–Kier alpha value is -1.33. The standard InChI is InChI=1S/C10H14N2O3/c11-12-10(13)8-4-5-14-9(8)6-15-7-2-1-3-7/h4-5,7H,1-3,6,11H2,(H,12,13). The van der Waals surface area contributed by atoms with Gasteiger partial charge in [0.15, 0.2) is 0 Å². The molecule has 2 rings (SSSR count). The molecule has 1 aromatic heterocycles. The third kappa shape index (κ3) is 2.19. The fraction of sp³-hybridized carbons (Fsp3) is 0.500. The molecule has 3 N–H and O–H groups in total. The van der Waals surface area contributed by atoms with Crippen LogP contribution in [0.4, 0.5) is 0 Å². The van der Waals surface area contributed by atoms with Crippen LogP contribution in [0, 0.1) is 0 Å². The monoisotopic (exact) mass is 210 g/mol. The summed E-state index contributed by atoms with van der Waals surface area (Å²) in [6, 6.07) is 1.58. The van der Waals surface area contributed by atoms with E-state index >= 15 is 0 Å². The summed E-state index contributed by atoms with van der Waals surface area (Å²) >= 11 is 0. The number of ether oxygens (including phenoxy) is 1. The molecule has 1 aliphatic rings. The number of carbonyl (C=O) groups is 1. The summed E-state index contributed by atoms with van der Waals surface area (Å²) in [6.45, 7) is 0.334. The molecule has 0 bridgehead atoms. The summed E-state index contributed by atoms with van der Waals surface area (Å²) in [5.74, 6) is 5.22. The van der Waals surface area contributed by atoms with Gasteiger partial charge < -0.3 is 9.15 Å². The van der Waals surface area contributed by atoms with Gasteiger partial charge >= 0.3 is 0 Å². The van der Waals surface area contributed by atoms with Gasteiger partial charge in [-0.1, -0.05) is 0 Å². The van der Waals surface area contributed by atoms with Crippen LogP contribution in [0.3, 0.4) is 0 Å². The molecule has 1 fully saturated rings. The van der Waals surface area contributed by atoms with Crippen LogP contribution < -0.4 is 11.3 Å². The van der Waals surface area contributed by atoms with Crippen molar-refractivity contribution < 1.29 is 13.9 Å². The normalized spacial score (nSPS) is 16.1. The van der Waals surface area contributed by atoms with Crippen LogP contribution in [0.5, 0.6) is 0 Å². The Morgan fingerprint density at radius 1 is 1.67 bits per heavy atom. The Bertz CT molecular complexity index is 344. The Morgan fingerprint density at radius 3 is 3.07 bits per heavy atom. The van der Waals surface area contributed by atoms with Gasteiger partial charge in [-0.3, -0.25) is 10.2 Å². The highest BCUT2D eigenvalue weighted by Gasteiger charge is 2.20. The molecule has 1 saturated carbocycles. The summed E-state index contributed by atoms with van der Waals surface area (Å²) in [6.07, 6.45) is 5.20. The Labute approximate surface area is 87.5 Å². The first-order chi connectivity index (χ1) is 7.31. The molecule has 0 radical (unpaired) electrons. The van der Waals surface area contributed by atoms with Crippen molar-refractivity contribution in [2.45, 2.75) is 32.0 Å². The summed E-state index contributed by atoms with van der Waals surface area (Å²) in [5, 5.41) is 0. The zero-order chi connectivity index (χ0) is 10.7. The lowest BCUT2D eigenvalue weighted by Crippen LogP contribution is -2.30. The predicted octanol–water partition coefficient (Wildman–Crippen LogP) is 0.952. The van der Waals surface area contributed by atoms with Crippen molar-refractivity contribution in [2.75, 3.05) is 0 Å². The number of nitrogen functional groups attached to an aromatic ring is 1. The molecule has 0 aromatic carbocycles. The molecule has 0 aliphatic heterocycles. The van der Waals surface area contributed by atoms with E-state index in [4.69, 9.17) is 15.0 Å². The van der Waals surface area contributed by atoms with Crippen LogP contribution >= 0.6 is 0 Å². The van der Waals surface area contributed by atoms with Gasteiger partial charge in [-0.15, -0.1) is 0 Å².